The summed E-state index contributed by atoms with van der Waals surface area (Å²) in [6.45, 7) is 6.18. The molecule has 1 fully saturated rings. The van der Waals surface area contributed by atoms with Gasteiger partial charge in [-0.3, -0.25) is 9.59 Å². The summed E-state index contributed by atoms with van der Waals surface area (Å²) in [5, 5.41) is 11.2. The van der Waals surface area contributed by atoms with Crippen LogP contribution in [0.5, 0.6) is 0 Å². The second-order valence-corrected chi connectivity index (χ2v) is 6.27. The highest BCUT2D eigenvalue weighted by Gasteiger charge is 2.30. The lowest BCUT2D eigenvalue weighted by molar-refractivity contribution is -0.143. The maximum absolute atomic E-state index is 12.1. The molecule has 1 aliphatic heterocycles. The van der Waals surface area contributed by atoms with Crippen LogP contribution in [0.25, 0.3) is 0 Å². The number of carboxylic acids is 1. The second-order valence-electron chi connectivity index (χ2n) is 6.27. The van der Waals surface area contributed by atoms with Gasteiger partial charge in [-0.2, -0.15) is 0 Å². The maximum Gasteiger partial charge on any atom is 0.329 e. The van der Waals surface area contributed by atoms with Crippen molar-refractivity contribution >= 4 is 17.8 Å². The SMILES string of the molecule is CC(C)(C)C(=O)N1CCC(NC(=O)COCC(=O)O)CC1. The first-order chi connectivity index (χ1) is 9.70. The number of amides is 2. The summed E-state index contributed by atoms with van der Waals surface area (Å²) >= 11 is 0. The van der Waals surface area contributed by atoms with Crippen LogP contribution in [0.2, 0.25) is 0 Å². The standard InChI is InChI=1S/C14H24N2O5/c1-14(2,3)13(20)16-6-4-10(5-7-16)15-11(17)8-21-9-12(18)19/h10H,4-9H2,1-3H3,(H,15,17)(H,18,19). The van der Waals surface area contributed by atoms with Gasteiger partial charge in [0.15, 0.2) is 0 Å². The van der Waals surface area contributed by atoms with Crippen molar-refractivity contribution in [3.05, 3.63) is 0 Å². The average molecular weight is 300 g/mol. The third-order valence-electron chi connectivity index (χ3n) is 3.25. The van der Waals surface area contributed by atoms with Gasteiger partial charge in [0.25, 0.3) is 0 Å². The Morgan fingerprint density at radius 2 is 1.76 bits per heavy atom. The van der Waals surface area contributed by atoms with Crippen molar-refractivity contribution in [2.45, 2.75) is 39.7 Å². The minimum Gasteiger partial charge on any atom is -0.480 e. The Labute approximate surface area is 124 Å². The Morgan fingerprint density at radius 1 is 1.19 bits per heavy atom. The van der Waals surface area contributed by atoms with Gasteiger partial charge in [-0.05, 0) is 12.8 Å². The van der Waals surface area contributed by atoms with E-state index in [2.05, 4.69) is 5.32 Å². The Bertz CT molecular complexity index is 395. The van der Waals surface area contributed by atoms with Crippen molar-refractivity contribution in [3.8, 4) is 0 Å². The van der Waals surface area contributed by atoms with Crippen LogP contribution in [-0.4, -0.2) is 60.1 Å². The first-order valence-corrected chi connectivity index (χ1v) is 7.08. The van der Waals surface area contributed by atoms with E-state index >= 15 is 0 Å². The molecule has 0 atom stereocenters. The molecule has 7 heteroatoms. The van der Waals surface area contributed by atoms with E-state index in [1.807, 2.05) is 25.7 Å². The summed E-state index contributed by atoms with van der Waals surface area (Å²) in [4.78, 5) is 35.8. The summed E-state index contributed by atoms with van der Waals surface area (Å²) in [5.74, 6) is -1.30. The molecule has 0 aromatic rings. The summed E-state index contributed by atoms with van der Waals surface area (Å²) < 4.78 is 4.73. The van der Waals surface area contributed by atoms with Crippen LogP contribution in [0, 0.1) is 5.41 Å². The maximum atomic E-state index is 12.1. The molecule has 21 heavy (non-hydrogen) atoms. The van der Waals surface area contributed by atoms with Crippen molar-refractivity contribution in [2.75, 3.05) is 26.3 Å². The molecule has 0 aliphatic carbocycles. The van der Waals surface area contributed by atoms with Crippen LogP contribution >= 0.6 is 0 Å². The Balaban J connectivity index is 2.29. The van der Waals surface area contributed by atoms with Crippen LogP contribution in [0.15, 0.2) is 0 Å². The molecule has 0 bridgehead atoms. The van der Waals surface area contributed by atoms with Gasteiger partial charge in [0, 0.05) is 24.5 Å². The van der Waals surface area contributed by atoms with E-state index in [-0.39, 0.29) is 29.9 Å². The van der Waals surface area contributed by atoms with E-state index in [4.69, 9.17) is 9.84 Å². The molecule has 0 radical (unpaired) electrons. The lowest BCUT2D eigenvalue weighted by Gasteiger charge is -2.36. The van der Waals surface area contributed by atoms with Crippen LogP contribution in [0.1, 0.15) is 33.6 Å². The van der Waals surface area contributed by atoms with Crippen molar-refractivity contribution in [2.24, 2.45) is 5.41 Å². The summed E-state index contributed by atoms with van der Waals surface area (Å²) in [6.07, 6.45) is 1.40. The number of hydrogen-bond donors (Lipinski definition) is 2. The molecular weight excluding hydrogens is 276 g/mol. The highest BCUT2D eigenvalue weighted by molar-refractivity contribution is 5.81. The third-order valence-corrected chi connectivity index (χ3v) is 3.25. The van der Waals surface area contributed by atoms with E-state index in [9.17, 15) is 14.4 Å². The lowest BCUT2D eigenvalue weighted by atomic mass is 9.93. The number of ether oxygens (including phenoxy) is 1. The first kappa shape index (κ1) is 17.4. The quantitative estimate of drug-likeness (QED) is 0.758. The number of rotatable bonds is 5. The van der Waals surface area contributed by atoms with Gasteiger partial charge in [0.1, 0.15) is 13.2 Å². The molecule has 0 unspecified atom stereocenters. The fourth-order valence-corrected chi connectivity index (χ4v) is 2.20. The predicted octanol–water partition coefficient (Wildman–Crippen LogP) is 0.241. The zero-order chi connectivity index (χ0) is 16.0. The monoisotopic (exact) mass is 300 g/mol. The van der Waals surface area contributed by atoms with Gasteiger partial charge in [0.2, 0.25) is 11.8 Å². The number of nitrogens with zero attached hydrogens (tertiary/aromatic N) is 1. The number of aliphatic carboxylic acids is 1. The highest BCUT2D eigenvalue weighted by Crippen LogP contribution is 2.20. The van der Waals surface area contributed by atoms with Crippen LogP contribution in [0.3, 0.4) is 0 Å². The number of carboxylic acid groups (broad SMARTS) is 1. The molecule has 120 valence electrons. The first-order valence-electron chi connectivity index (χ1n) is 7.08. The number of carbonyl (C=O) groups excluding carboxylic acids is 2. The molecule has 1 rings (SSSR count). The predicted molar refractivity (Wildman–Crippen MR) is 75.7 cm³/mol. The minimum atomic E-state index is -1.10. The number of hydrogen-bond acceptors (Lipinski definition) is 4. The van der Waals surface area contributed by atoms with Gasteiger partial charge < -0.3 is 20.1 Å². The topological polar surface area (TPSA) is 95.9 Å². The summed E-state index contributed by atoms with van der Waals surface area (Å²) in [5.41, 5.74) is -0.388. The number of likely N-dealkylation sites (tertiary alicyclic amines) is 1. The number of carbonyl (C=O) groups is 3. The molecule has 7 nitrogen and oxygen atoms in total. The zero-order valence-corrected chi connectivity index (χ0v) is 12.8. The summed E-state index contributed by atoms with van der Waals surface area (Å²) in [7, 11) is 0. The van der Waals surface area contributed by atoms with E-state index in [0.29, 0.717) is 25.9 Å². The molecule has 1 heterocycles. The molecular formula is C14H24N2O5. The number of nitrogens with one attached hydrogen (secondary N) is 1. The van der Waals surface area contributed by atoms with Crippen molar-refractivity contribution < 1.29 is 24.2 Å². The Kier molecular flexibility index (Phi) is 6.14. The van der Waals surface area contributed by atoms with Crippen molar-refractivity contribution in [3.63, 3.8) is 0 Å². The highest BCUT2D eigenvalue weighted by atomic mass is 16.5. The molecule has 0 aromatic carbocycles. The molecule has 1 aliphatic rings. The molecule has 2 amide bonds. The van der Waals surface area contributed by atoms with Crippen LogP contribution < -0.4 is 5.32 Å². The van der Waals surface area contributed by atoms with Crippen LogP contribution in [-0.2, 0) is 19.1 Å². The molecule has 2 N–H and O–H groups in total. The molecule has 0 spiro atoms. The van der Waals surface area contributed by atoms with E-state index in [0.717, 1.165) is 0 Å². The average Bonchev–Trinajstić information content (AvgIpc) is 2.37. The Morgan fingerprint density at radius 3 is 2.24 bits per heavy atom. The van der Waals surface area contributed by atoms with Gasteiger partial charge in [-0.25, -0.2) is 4.79 Å². The number of piperidine rings is 1. The van der Waals surface area contributed by atoms with Gasteiger partial charge in [0.05, 0.1) is 0 Å². The second kappa shape index (κ2) is 7.40. The van der Waals surface area contributed by atoms with Gasteiger partial charge >= 0.3 is 5.97 Å². The fraction of sp³-hybridized carbons (Fsp3) is 0.786. The third kappa shape index (κ3) is 6.12. The van der Waals surface area contributed by atoms with Crippen LogP contribution in [0.4, 0.5) is 0 Å². The fourth-order valence-electron chi connectivity index (χ4n) is 2.20. The van der Waals surface area contributed by atoms with E-state index in [1.165, 1.54) is 0 Å². The van der Waals surface area contributed by atoms with E-state index < -0.39 is 12.6 Å². The van der Waals surface area contributed by atoms with Crippen molar-refractivity contribution in [1.29, 1.82) is 0 Å². The molecule has 0 saturated carbocycles. The van der Waals surface area contributed by atoms with Crippen molar-refractivity contribution in [1.82, 2.24) is 10.2 Å². The van der Waals surface area contributed by atoms with Gasteiger partial charge in [-0.1, -0.05) is 20.8 Å². The zero-order valence-electron chi connectivity index (χ0n) is 12.8. The van der Waals surface area contributed by atoms with Gasteiger partial charge in [-0.15, -0.1) is 0 Å². The summed E-state index contributed by atoms with van der Waals surface area (Å²) in [6, 6.07) is 0.00921. The minimum absolute atomic E-state index is 0.00921. The van der Waals surface area contributed by atoms with E-state index in [1.54, 1.807) is 0 Å². The Hall–Kier alpha value is -1.63. The lowest BCUT2D eigenvalue weighted by Crippen LogP contribution is -2.49. The molecule has 1 saturated heterocycles. The largest absolute Gasteiger partial charge is 0.480 e. The normalized spacial score (nSPS) is 16.6. The molecule has 0 aromatic heterocycles. The smallest absolute Gasteiger partial charge is 0.329 e.